The minimum Gasteiger partial charge on any atom is -0.466 e. The number of nitro groups is 1. The molecule has 0 saturated carbocycles. The summed E-state index contributed by atoms with van der Waals surface area (Å²) in [5, 5.41) is 14.5. The Morgan fingerprint density at radius 2 is 1.68 bits per heavy atom. The van der Waals surface area contributed by atoms with E-state index >= 15 is 4.39 Å². The van der Waals surface area contributed by atoms with Crippen molar-refractivity contribution in [2.75, 3.05) is 20.3 Å². The Balaban J connectivity index is 1.92. The van der Waals surface area contributed by atoms with Crippen molar-refractivity contribution in [1.82, 2.24) is 10.2 Å². The van der Waals surface area contributed by atoms with Gasteiger partial charge in [0.25, 0.3) is 5.69 Å². The normalized spacial score (nSPS) is 15.7. The third-order valence-corrected chi connectivity index (χ3v) is 7.07. The van der Waals surface area contributed by atoms with E-state index < -0.39 is 34.0 Å². The van der Waals surface area contributed by atoms with Crippen LogP contribution in [0.1, 0.15) is 58.6 Å². The predicted octanol–water partition coefficient (Wildman–Crippen LogP) is 5.62. The number of hydrogen-bond donors (Lipinski definition) is 1. The molecule has 1 aliphatic rings. The summed E-state index contributed by atoms with van der Waals surface area (Å²) in [7, 11) is 1.17. The number of benzene rings is 2. The number of rotatable bonds is 11. The molecule has 9 nitrogen and oxygen atoms in total. The van der Waals surface area contributed by atoms with E-state index in [1.165, 1.54) is 12.7 Å². The predicted molar refractivity (Wildman–Crippen MR) is 153 cm³/mol. The number of methoxy groups -OCH3 is 1. The van der Waals surface area contributed by atoms with E-state index in [0.717, 1.165) is 24.7 Å². The number of nitrogens with one attached hydrogen (secondary N) is 1. The van der Waals surface area contributed by atoms with Gasteiger partial charge in [-0.2, -0.15) is 0 Å². The van der Waals surface area contributed by atoms with Gasteiger partial charge in [-0.1, -0.05) is 44.2 Å². The second kappa shape index (κ2) is 13.1. The highest BCUT2D eigenvalue weighted by Gasteiger charge is 2.40. The minimum absolute atomic E-state index is 0.0174. The fourth-order valence-corrected chi connectivity index (χ4v) is 5.00. The number of nitro benzene ring substituents is 1. The molecule has 1 heterocycles. The van der Waals surface area contributed by atoms with Crippen LogP contribution in [0.25, 0.3) is 0 Å². The van der Waals surface area contributed by atoms with E-state index in [1.54, 1.807) is 13.8 Å². The SMILES string of the molecule is COC(=O)C1=C(C)NC(C)=C(C(=O)OCC(C)(C)CN(Cc2ccccc2)C(C)C)C1c1cc([N+](=O)[O-])ccc1F. The molecular formula is C31H38FN3O6. The summed E-state index contributed by atoms with van der Waals surface area (Å²) >= 11 is 0. The maximum atomic E-state index is 15.2. The largest absolute Gasteiger partial charge is 0.466 e. The Morgan fingerprint density at radius 3 is 2.24 bits per heavy atom. The molecule has 2 aromatic rings. The molecule has 2 aromatic carbocycles. The first-order valence-electron chi connectivity index (χ1n) is 13.4. The molecule has 41 heavy (non-hydrogen) atoms. The van der Waals surface area contributed by atoms with Crippen LogP contribution in [0, 0.1) is 21.3 Å². The highest BCUT2D eigenvalue weighted by atomic mass is 19.1. The molecule has 220 valence electrons. The summed E-state index contributed by atoms with van der Waals surface area (Å²) in [5.41, 5.74) is 0.781. The summed E-state index contributed by atoms with van der Waals surface area (Å²) in [6.07, 6.45) is 0. The lowest BCUT2D eigenvalue weighted by atomic mass is 9.80. The molecule has 1 aliphatic heterocycles. The van der Waals surface area contributed by atoms with Crippen LogP contribution in [0.2, 0.25) is 0 Å². The number of esters is 2. The van der Waals surface area contributed by atoms with Crippen molar-refractivity contribution in [3.05, 3.63) is 98.1 Å². The van der Waals surface area contributed by atoms with E-state index in [4.69, 9.17) is 9.47 Å². The summed E-state index contributed by atoms with van der Waals surface area (Å²) in [6, 6.07) is 13.3. The molecule has 3 rings (SSSR count). The van der Waals surface area contributed by atoms with E-state index in [2.05, 4.69) is 36.2 Å². The molecule has 0 aliphatic carbocycles. The first kappa shape index (κ1) is 31.5. The number of dihydropyridines is 1. The van der Waals surface area contributed by atoms with Gasteiger partial charge in [-0.3, -0.25) is 15.0 Å². The van der Waals surface area contributed by atoms with Crippen LogP contribution in [0.3, 0.4) is 0 Å². The molecule has 0 aromatic heterocycles. The van der Waals surface area contributed by atoms with Gasteiger partial charge in [0.15, 0.2) is 0 Å². The summed E-state index contributed by atoms with van der Waals surface area (Å²) in [5.74, 6) is -3.63. The fourth-order valence-electron chi connectivity index (χ4n) is 5.00. The lowest BCUT2D eigenvalue weighted by molar-refractivity contribution is -0.385. The topological polar surface area (TPSA) is 111 Å². The van der Waals surface area contributed by atoms with Gasteiger partial charge < -0.3 is 14.8 Å². The number of non-ortho nitro benzene ring substituents is 1. The first-order valence-corrected chi connectivity index (χ1v) is 13.4. The van der Waals surface area contributed by atoms with Crippen LogP contribution in [0.5, 0.6) is 0 Å². The van der Waals surface area contributed by atoms with Crippen LogP contribution >= 0.6 is 0 Å². The third kappa shape index (κ3) is 7.58. The first-order chi connectivity index (χ1) is 19.3. The van der Waals surface area contributed by atoms with Crippen molar-refractivity contribution in [3.8, 4) is 0 Å². The van der Waals surface area contributed by atoms with Crippen molar-refractivity contribution in [2.45, 2.75) is 60.0 Å². The van der Waals surface area contributed by atoms with Crippen molar-refractivity contribution in [2.24, 2.45) is 5.41 Å². The molecule has 0 saturated heterocycles. The second-order valence-electron chi connectivity index (χ2n) is 11.3. The molecule has 0 radical (unpaired) electrons. The maximum absolute atomic E-state index is 15.2. The third-order valence-electron chi connectivity index (χ3n) is 7.07. The second-order valence-corrected chi connectivity index (χ2v) is 11.3. The Kier molecular flexibility index (Phi) is 10.0. The number of halogens is 1. The van der Waals surface area contributed by atoms with Gasteiger partial charge in [-0.05, 0) is 39.3 Å². The summed E-state index contributed by atoms with van der Waals surface area (Å²) < 4.78 is 26.0. The van der Waals surface area contributed by atoms with Gasteiger partial charge in [0.1, 0.15) is 5.82 Å². The van der Waals surface area contributed by atoms with Gasteiger partial charge in [0, 0.05) is 53.6 Å². The monoisotopic (exact) mass is 567 g/mol. The quantitative estimate of drug-likeness (QED) is 0.212. The molecule has 0 fully saturated rings. The number of ether oxygens (including phenoxy) is 2. The van der Waals surface area contributed by atoms with E-state index in [0.29, 0.717) is 17.9 Å². The minimum atomic E-state index is -1.27. The molecule has 1 atom stereocenters. The average Bonchev–Trinajstić information content (AvgIpc) is 2.91. The van der Waals surface area contributed by atoms with Crippen molar-refractivity contribution >= 4 is 17.6 Å². The van der Waals surface area contributed by atoms with Crippen LogP contribution < -0.4 is 5.32 Å². The standard InChI is InChI=1S/C31H38FN3O6/c1-19(2)34(16-22-11-9-8-10-12-22)17-31(5,6)18-41-30(37)27-21(4)33-20(3)26(29(36)40-7)28(27)24-15-23(35(38)39)13-14-25(24)32/h8-15,19,28,33H,16-18H2,1-7H3. The fraction of sp³-hybridized carbons (Fsp3) is 0.419. The summed E-state index contributed by atoms with van der Waals surface area (Å²) in [4.78, 5) is 39.7. The Bertz CT molecular complexity index is 1370. The van der Waals surface area contributed by atoms with Gasteiger partial charge in [-0.25, -0.2) is 14.0 Å². The smallest absolute Gasteiger partial charge is 0.336 e. The number of carbonyl (C=O) groups is 2. The molecular weight excluding hydrogens is 529 g/mol. The molecule has 1 unspecified atom stereocenters. The zero-order valence-electron chi connectivity index (χ0n) is 24.6. The van der Waals surface area contributed by atoms with E-state index in [1.807, 2.05) is 32.0 Å². The molecule has 0 spiro atoms. The lowest BCUT2D eigenvalue weighted by Crippen LogP contribution is -2.41. The van der Waals surface area contributed by atoms with Crippen molar-refractivity contribution in [3.63, 3.8) is 0 Å². The Hall–Kier alpha value is -4.05. The number of carbonyl (C=O) groups excluding carboxylic acids is 2. The number of nitrogens with zero attached hydrogens (tertiary/aromatic N) is 2. The molecule has 10 heteroatoms. The summed E-state index contributed by atoms with van der Waals surface area (Å²) in [6.45, 7) is 12.8. The number of hydrogen-bond acceptors (Lipinski definition) is 8. The zero-order valence-corrected chi connectivity index (χ0v) is 24.6. The number of allylic oxidation sites excluding steroid dienone is 2. The lowest BCUT2D eigenvalue weighted by Gasteiger charge is -2.35. The van der Waals surface area contributed by atoms with Crippen LogP contribution in [-0.2, 0) is 25.6 Å². The average molecular weight is 568 g/mol. The molecule has 1 N–H and O–H groups in total. The van der Waals surface area contributed by atoms with Gasteiger partial charge in [0.2, 0.25) is 0 Å². The van der Waals surface area contributed by atoms with Crippen LogP contribution in [0.15, 0.2) is 71.1 Å². The van der Waals surface area contributed by atoms with Crippen molar-refractivity contribution < 1.29 is 28.4 Å². The van der Waals surface area contributed by atoms with Crippen LogP contribution in [-0.4, -0.2) is 48.1 Å². The van der Waals surface area contributed by atoms with Crippen LogP contribution in [0.4, 0.5) is 10.1 Å². The Labute approximate surface area is 240 Å². The highest BCUT2D eigenvalue weighted by Crippen LogP contribution is 2.41. The van der Waals surface area contributed by atoms with E-state index in [9.17, 15) is 19.7 Å². The highest BCUT2D eigenvalue weighted by molar-refractivity contribution is 6.00. The zero-order chi connectivity index (χ0) is 30.5. The van der Waals surface area contributed by atoms with Gasteiger partial charge >= 0.3 is 11.9 Å². The van der Waals surface area contributed by atoms with Gasteiger partial charge in [-0.15, -0.1) is 0 Å². The molecule has 0 bridgehead atoms. The maximum Gasteiger partial charge on any atom is 0.336 e. The van der Waals surface area contributed by atoms with Crippen molar-refractivity contribution in [1.29, 1.82) is 0 Å². The van der Waals surface area contributed by atoms with Gasteiger partial charge in [0.05, 0.1) is 35.7 Å². The van der Waals surface area contributed by atoms with E-state index in [-0.39, 0.29) is 35.0 Å². The molecule has 0 amide bonds. The Morgan fingerprint density at radius 1 is 1.07 bits per heavy atom.